The van der Waals surface area contributed by atoms with Crippen molar-refractivity contribution in [1.82, 2.24) is 5.32 Å². The molecule has 2 nitrogen and oxygen atoms in total. The van der Waals surface area contributed by atoms with Crippen LogP contribution in [0.1, 0.15) is 12.8 Å². The zero-order valence-electron chi connectivity index (χ0n) is 9.51. The van der Waals surface area contributed by atoms with E-state index in [0.29, 0.717) is 18.4 Å². The van der Waals surface area contributed by atoms with Gasteiger partial charge in [-0.25, -0.2) is 4.39 Å². The lowest BCUT2D eigenvalue weighted by molar-refractivity contribution is 0.348. The molecule has 1 aliphatic rings. The average Bonchev–Trinajstić information content (AvgIpc) is 3.09. The molecule has 0 unspecified atom stereocenters. The first kappa shape index (κ1) is 12.4. The Kier molecular flexibility index (Phi) is 4.02. The van der Waals surface area contributed by atoms with E-state index in [1.807, 2.05) is 0 Å². The van der Waals surface area contributed by atoms with Gasteiger partial charge in [-0.1, -0.05) is 18.2 Å². The van der Waals surface area contributed by atoms with Crippen LogP contribution in [-0.2, 0) is 0 Å². The number of hydrogen-bond donors (Lipinski definition) is 1. The second kappa shape index (κ2) is 5.52. The van der Waals surface area contributed by atoms with Crippen LogP contribution in [0.5, 0.6) is 5.75 Å². The normalized spacial score (nSPS) is 14.7. The zero-order valence-corrected chi connectivity index (χ0v) is 10.3. The number of halogens is 2. The standard InChI is InChI=1S/C13H15ClFNO/c1-9(7-16-11-3-4-11)8-17-13-5-2-10(15)6-12(13)14/h2,5-6,11,16H,1,3-4,7-8H2. The van der Waals surface area contributed by atoms with Crippen LogP contribution >= 0.6 is 11.6 Å². The molecule has 0 amide bonds. The largest absolute Gasteiger partial charge is 0.488 e. The first-order chi connectivity index (χ1) is 8.15. The lowest BCUT2D eigenvalue weighted by Gasteiger charge is -2.10. The van der Waals surface area contributed by atoms with E-state index >= 15 is 0 Å². The Morgan fingerprint density at radius 2 is 2.29 bits per heavy atom. The smallest absolute Gasteiger partial charge is 0.138 e. The van der Waals surface area contributed by atoms with Crippen molar-refractivity contribution in [2.45, 2.75) is 18.9 Å². The summed E-state index contributed by atoms with van der Waals surface area (Å²) in [7, 11) is 0. The molecule has 0 aromatic heterocycles. The average molecular weight is 256 g/mol. The third kappa shape index (κ3) is 4.02. The van der Waals surface area contributed by atoms with Crippen LogP contribution < -0.4 is 10.1 Å². The lowest BCUT2D eigenvalue weighted by Crippen LogP contribution is -2.21. The van der Waals surface area contributed by atoms with Crippen LogP contribution in [0.15, 0.2) is 30.4 Å². The Labute approximate surface area is 105 Å². The molecule has 0 heterocycles. The summed E-state index contributed by atoms with van der Waals surface area (Å²) in [6, 6.07) is 4.74. The maximum atomic E-state index is 12.8. The Morgan fingerprint density at radius 1 is 1.53 bits per heavy atom. The molecule has 1 aliphatic carbocycles. The minimum atomic E-state index is -0.364. The first-order valence-corrected chi connectivity index (χ1v) is 6.01. The van der Waals surface area contributed by atoms with Crippen molar-refractivity contribution in [3.05, 3.63) is 41.2 Å². The molecule has 0 atom stereocenters. The van der Waals surface area contributed by atoms with Crippen LogP contribution in [-0.4, -0.2) is 19.2 Å². The van der Waals surface area contributed by atoms with E-state index < -0.39 is 0 Å². The summed E-state index contributed by atoms with van der Waals surface area (Å²) in [6.45, 7) is 5.06. The molecule has 4 heteroatoms. The van der Waals surface area contributed by atoms with E-state index in [0.717, 1.165) is 12.1 Å². The van der Waals surface area contributed by atoms with Crippen molar-refractivity contribution in [2.24, 2.45) is 0 Å². The third-order valence-corrected chi connectivity index (χ3v) is 2.84. The molecule has 0 bridgehead atoms. The van der Waals surface area contributed by atoms with Crippen LogP contribution in [0, 0.1) is 5.82 Å². The molecule has 1 saturated carbocycles. The highest BCUT2D eigenvalue weighted by atomic mass is 35.5. The molecule has 0 aliphatic heterocycles. The van der Waals surface area contributed by atoms with E-state index in [-0.39, 0.29) is 10.8 Å². The van der Waals surface area contributed by atoms with Gasteiger partial charge in [-0.05, 0) is 36.6 Å². The van der Waals surface area contributed by atoms with Crippen molar-refractivity contribution in [3.63, 3.8) is 0 Å². The number of nitrogens with one attached hydrogen (secondary N) is 1. The van der Waals surface area contributed by atoms with Gasteiger partial charge in [-0.15, -0.1) is 0 Å². The predicted molar refractivity (Wildman–Crippen MR) is 67.1 cm³/mol. The highest BCUT2D eigenvalue weighted by Crippen LogP contribution is 2.25. The van der Waals surface area contributed by atoms with Gasteiger partial charge in [0.15, 0.2) is 0 Å². The molecule has 1 fully saturated rings. The number of benzene rings is 1. The van der Waals surface area contributed by atoms with E-state index in [1.165, 1.54) is 31.0 Å². The van der Waals surface area contributed by atoms with Crippen LogP contribution in [0.2, 0.25) is 5.02 Å². The van der Waals surface area contributed by atoms with Crippen LogP contribution in [0.4, 0.5) is 4.39 Å². The molecule has 0 saturated heterocycles. The second-order valence-electron chi connectivity index (χ2n) is 4.27. The van der Waals surface area contributed by atoms with E-state index in [2.05, 4.69) is 11.9 Å². The van der Waals surface area contributed by atoms with E-state index in [1.54, 1.807) is 0 Å². The van der Waals surface area contributed by atoms with Crippen LogP contribution in [0.25, 0.3) is 0 Å². The van der Waals surface area contributed by atoms with Crippen molar-refractivity contribution >= 4 is 11.6 Å². The molecule has 92 valence electrons. The fraction of sp³-hybridized carbons (Fsp3) is 0.385. The molecule has 1 aromatic carbocycles. The van der Waals surface area contributed by atoms with Gasteiger partial charge in [0.25, 0.3) is 0 Å². The molecular weight excluding hydrogens is 241 g/mol. The fourth-order valence-corrected chi connectivity index (χ4v) is 1.62. The third-order valence-electron chi connectivity index (χ3n) is 2.54. The predicted octanol–water partition coefficient (Wildman–Crippen LogP) is 3.17. The van der Waals surface area contributed by atoms with E-state index in [4.69, 9.17) is 16.3 Å². The molecule has 2 rings (SSSR count). The minimum absolute atomic E-state index is 0.285. The van der Waals surface area contributed by atoms with Gasteiger partial charge >= 0.3 is 0 Å². The van der Waals surface area contributed by atoms with Crippen molar-refractivity contribution in [1.29, 1.82) is 0 Å². The van der Waals surface area contributed by atoms with Gasteiger partial charge < -0.3 is 10.1 Å². The zero-order chi connectivity index (χ0) is 12.3. The molecule has 1 N–H and O–H groups in total. The van der Waals surface area contributed by atoms with Crippen molar-refractivity contribution < 1.29 is 9.13 Å². The van der Waals surface area contributed by atoms with Gasteiger partial charge in [0.2, 0.25) is 0 Å². The van der Waals surface area contributed by atoms with Crippen LogP contribution in [0.3, 0.4) is 0 Å². The molecular formula is C13H15ClFNO. The number of hydrogen-bond acceptors (Lipinski definition) is 2. The molecule has 0 spiro atoms. The summed E-state index contributed by atoms with van der Waals surface area (Å²) in [5.41, 5.74) is 0.956. The minimum Gasteiger partial charge on any atom is -0.488 e. The van der Waals surface area contributed by atoms with Crippen molar-refractivity contribution in [2.75, 3.05) is 13.2 Å². The second-order valence-corrected chi connectivity index (χ2v) is 4.68. The summed E-state index contributed by atoms with van der Waals surface area (Å²) in [4.78, 5) is 0. The maximum Gasteiger partial charge on any atom is 0.138 e. The summed E-state index contributed by atoms with van der Waals surface area (Å²) >= 11 is 5.84. The maximum absolute atomic E-state index is 12.8. The van der Waals surface area contributed by atoms with Gasteiger partial charge in [-0.2, -0.15) is 0 Å². The summed E-state index contributed by atoms with van der Waals surface area (Å²) in [6.07, 6.45) is 2.50. The SMILES string of the molecule is C=C(CNC1CC1)COc1ccc(F)cc1Cl. The van der Waals surface area contributed by atoms with Gasteiger partial charge in [0.05, 0.1) is 5.02 Å². The van der Waals surface area contributed by atoms with Gasteiger partial charge in [0.1, 0.15) is 18.2 Å². The fourth-order valence-electron chi connectivity index (χ4n) is 1.40. The highest BCUT2D eigenvalue weighted by Gasteiger charge is 2.20. The van der Waals surface area contributed by atoms with Gasteiger partial charge in [0, 0.05) is 12.6 Å². The molecule has 0 radical (unpaired) electrons. The quantitative estimate of drug-likeness (QED) is 0.789. The molecule has 1 aromatic rings. The number of rotatable bonds is 6. The topological polar surface area (TPSA) is 21.3 Å². The summed E-state index contributed by atoms with van der Waals surface area (Å²) in [5, 5.41) is 3.63. The first-order valence-electron chi connectivity index (χ1n) is 5.63. The van der Waals surface area contributed by atoms with Gasteiger partial charge in [-0.3, -0.25) is 0 Å². The summed E-state index contributed by atoms with van der Waals surface area (Å²) < 4.78 is 18.3. The Balaban J connectivity index is 1.77. The summed E-state index contributed by atoms with van der Waals surface area (Å²) in [5.74, 6) is 0.122. The Hall–Kier alpha value is -1.06. The van der Waals surface area contributed by atoms with Crippen molar-refractivity contribution in [3.8, 4) is 5.75 Å². The molecule has 17 heavy (non-hydrogen) atoms. The number of ether oxygens (including phenoxy) is 1. The monoisotopic (exact) mass is 255 g/mol. The Bertz CT molecular complexity index is 418. The Morgan fingerprint density at radius 3 is 2.94 bits per heavy atom. The highest BCUT2D eigenvalue weighted by molar-refractivity contribution is 6.32. The lowest BCUT2D eigenvalue weighted by atomic mass is 10.3. The van der Waals surface area contributed by atoms with E-state index in [9.17, 15) is 4.39 Å².